The van der Waals surface area contributed by atoms with Crippen LogP contribution in [-0.2, 0) is 0 Å². The van der Waals surface area contributed by atoms with Crippen LogP contribution in [0.15, 0.2) is 72.9 Å². The third kappa shape index (κ3) is 4.90. The minimum atomic E-state index is -0.848. The zero-order chi connectivity index (χ0) is 21.6. The molecule has 0 aliphatic carbocycles. The van der Waals surface area contributed by atoms with Crippen molar-refractivity contribution in [1.29, 1.82) is 0 Å². The molecule has 0 fully saturated rings. The van der Waals surface area contributed by atoms with E-state index in [9.17, 15) is 8.78 Å². The number of fused-ring (bicyclic) bond motifs is 1. The topological polar surface area (TPSA) is 22.1 Å². The van der Waals surface area contributed by atoms with Crippen molar-refractivity contribution in [1.82, 2.24) is 4.98 Å². The third-order valence-corrected chi connectivity index (χ3v) is 4.94. The van der Waals surface area contributed by atoms with Gasteiger partial charge in [-0.05, 0) is 54.3 Å². The van der Waals surface area contributed by atoms with Crippen LogP contribution in [0.4, 0.5) is 8.78 Å². The summed E-state index contributed by atoms with van der Waals surface area (Å²) in [6, 6.07) is 19.4. The minimum Gasteiger partial charge on any atom is -0.492 e. The lowest BCUT2D eigenvalue weighted by Gasteiger charge is -2.06. The highest BCUT2D eigenvalue weighted by atomic mass is 19.2. The van der Waals surface area contributed by atoms with Crippen molar-refractivity contribution < 1.29 is 13.5 Å². The van der Waals surface area contributed by atoms with Gasteiger partial charge in [0.25, 0.3) is 0 Å². The molecule has 0 saturated heterocycles. The Labute approximate surface area is 180 Å². The second kappa shape index (κ2) is 9.40. The smallest absolute Gasteiger partial charge is 0.166 e. The molecule has 0 radical (unpaired) electrons. The number of benzene rings is 3. The third-order valence-electron chi connectivity index (χ3n) is 4.94. The van der Waals surface area contributed by atoms with E-state index in [1.807, 2.05) is 36.4 Å². The first-order valence-corrected chi connectivity index (χ1v) is 10.2. The van der Waals surface area contributed by atoms with Gasteiger partial charge in [0.2, 0.25) is 0 Å². The fraction of sp³-hybridized carbons (Fsp3) is 0.148. The first-order chi connectivity index (χ1) is 15.1. The molecule has 4 aromatic rings. The highest BCUT2D eigenvalue weighted by Crippen LogP contribution is 2.22. The van der Waals surface area contributed by atoms with Gasteiger partial charge in [-0.1, -0.05) is 49.5 Å². The standard InChI is InChI=1S/C27H21F2NO/c1-2-3-16-31-23-12-15-26(30-18-23)21-9-6-19(7-10-21)4-5-20-8-13-24-22(17-20)11-14-25(28)27(24)29/h6-15,17-18H,2-3,16H2,1H3. The zero-order valence-electron chi connectivity index (χ0n) is 17.2. The van der Waals surface area contributed by atoms with Crippen LogP contribution in [0, 0.1) is 23.5 Å². The molecule has 1 aromatic heterocycles. The Kier molecular flexibility index (Phi) is 6.24. The summed E-state index contributed by atoms with van der Waals surface area (Å²) in [6.45, 7) is 2.83. The Hall–Kier alpha value is -3.71. The molecule has 0 N–H and O–H groups in total. The normalized spacial score (nSPS) is 10.5. The number of pyridine rings is 1. The predicted molar refractivity (Wildman–Crippen MR) is 120 cm³/mol. The Morgan fingerprint density at radius 3 is 2.39 bits per heavy atom. The van der Waals surface area contributed by atoms with E-state index < -0.39 is 11.6 Å². The second-order valence-corrected chi connectivity index (χ2v) is 7.21. The zero-order valence-corrected chi connectivity index (χ0v) is 17.2. The molecule has 154 valence electrons. The van der Waals surface area contributed by atoms with Crippen molar-refractivity contribution in [2.75, 3.05) is 6.61 Å². The average molecular weight is 413 g/mol. The van der Waals surface area contributed by atoms with E-state index in [1.54, 1.807) is 30.5 Å². The minimum absolute atomic E-state index is 0.254. The lowest BCUT2D eigenvalue weighted by atomic mass is 10.1. The Bertz CT molecular complexity index is 1250. The maximum atomic E-state index is 13.8. The van der Waals surface area contributed by atoms with Crippen LogP contribution in [0.3, 0.4) is 0 Å². The van der Waals surface area contributed by atoms with E-state index in [-0.39, 0.29) is 5.39 Å². The Morgan fingerprint density at radius 2 is 1.65 bits per heavy atom. The molecule has 0 atom stereocenters. The van der Waals surface area contributed by atoms with Gasteiger partial charge in [0.15, 0.2) is 11.6 Å². The number of nitrogens with zero attached hydrogens (tertiary/aromatic N) is 1. The molecule has 0 aliphatic rings. The molecule has 0 aliphatic heterocycles. The number of ether oxygens (including phenoxy) is 1. The molecule has 0 amide bonds. The van der Waals surface area contributed by atoms with Crippen LogP contribution >= 0.6 is 0 Å². The van der Waals surface area contributed by atoms with Crippen molar-refractivity contribution in [3.05, 3.63) is 95.7 Å². The van der Waals surface area contributed by atoms with Gasteiger partial charge in [-0.25, -0.2) is 8.78 Å². The second-order valence-electron chi connectivity index (χ2n) is 7.21. The molecule has 0 unspecified atom stereocenters. The van der Waals surface area contributed by atoms with Gasteiger partial charge in [-0.3, -0.25) is 4.98 Å². The molecule has 31 heavy (non-hydrogen) atoms. The average Bonchev–Trinajstić information content (AvgIpc) is 2.81. The molecule has 0 spiro atoms. The highest BCUT2D eigenvalue weighted by Gasteiger charge is 2.06. The quantitative estimate of drug-likeness (QED) is 0.266. The van der Waals surface area contributed by atoms with E-state index >= 15 is 0 Å². The van der Waals surface area contributed by atoms with Gasteiger partial charge in [0, 0.05) is 22.1 Å². The van der Waals surface area contributed by atoms with Gasteiger partial charge >= 0.3 is 0 Å². The summed E-state index contributed by atoms with van der Waals surface area (Å²) in [4.78, 5) is 4.47. The molecule has 2 nitrogen and oxygen atoms in total. The number of hydrogen-bond donors (Lipinski definition) is 0. The summed E-state index contributed by atoms with van der Waals surface area (Å²) < 4.78 is 32.8. The highest BCUT2D eigenvalue weighted by molar-refractivity contribution is 5.84. The molecule has 4 heteroatoms. The number of unbranched alkanes of at least 4 members (excludes halogenated alkanes) is 1. The van der Waals surface area contributed by atoms with E-state index in [0.717, 1.165) is 47.0 Å². The summed E-state index contributed by atoms with van der Waals surface area (Å²) in [6.07, 6.45) is 3.87. The number of halogens is 2. The predicted octanol–water partition coefficient (Wildman–Crippen LogP) is 6.76. The first-order valence-electron chi connectivity index (χ1n) is 10.2. The van der Waals surface area contributed by atoms with Crippen LogP contribution in [0.25, 0.3) is 22.0 Å². The lowest BCUT2D eigenvalue weighted by Crippen LogP contribution is -1.96. The van der Waals surface area contributed by atoms with E-state index in [2.05, 4.69) is 23.7 Å². The van der Waals surface area contributed by atoms with Crippen LogP contribution in [0.5, 0.6) is 5.75 Å². The number of aromatic nitrogens is 1. The van der Waals surface area contributed by atoms with Crippen molar-refractivity contribution in [2.45, 2.75) is 19.8 Å². The van der Waals surface area contributed by atoms with Crippen LogP contribution < -0.4 is 4.74 Å². The van der Waals surface area contributed by atoms with Crippen molar-refractivity contribution in [3.63, 3.8) is 0 Å². The summed E-state index contributed by atoms with van der Waals surface area (Å²) in [5.74, 6) is 5.29. The summed E-state index contributed by atoms with van der Waals surface area (Å²) in [5.41, 5.74) is 3.46. The van der Waals surface area contributed by atoms with Crippen molar-refractivity contribution in [2.24, 2.45) is 0 Å². The number of rotatable bonds is 5. The van der Waals surface area contributed by atoms with Crippen LogP contribution in [0.2, 0.25) is 0 Å². The maximum Gasteiger partial charge on any atom is 0.166 e. The summed E-state index contributed by atoms with van der Waals surface area (Å²) in [7, 11) is 0. The fourth-order valence-electron chi connectivity index (χ4n) is 3.18. The first kappa shape index (κ1) is 20.6. The van der Waals surface area contributed by atoms with Crippen LogP contribution in [-0.4, -0.2) is 11.6 Å². The molecular weight excluding hydrogens is 392 g/mol. The Morgan fingerprint density at radius 1 is 0.871 bits per heavy atom. The van der Waals surface area contributed by atoms with Crippen molar-refractivity contribution in [3.8, 4) is 28.8 Å². The largest absolute Gasteiger partial charge is 0.492 e. The van der Waals surface area contributed by atoms with Gasteiger partial charge < -0.3 is 4.74 Å². The molecular formula is C27H21F2NO. The van der Waals surface area contributed by atoms with E-state index in [4.69, 9.17) is 4.74 Å². The molecule has 3 aromatic carbocycles. The molecule has 0 saturated carbocycles. The lowest BCUT2D eigenvalue weighted by molar-refractivity contribution is 0.308. The molecule has 4 rings (SSSR count). The molecule has 0 bridgehead atoms. The van der Waals surface area contributed by atoms with Gasteiger partial charge in [-0.15, -0.1) is 0 Å². The van der Waals surface area contributed by atoms with Crippen LogP contribution in [0.1, 0.15) is 30.9 Å². The van der Waals surface area contributed by atoms with Gasteiger partial charge in [0.1, 0.15) is 5.75 Å². The molecule has 1 heterocycles. The summed E-state index contributed by atoms with van der Waals surface area (Å²) >= 11 is 0. The summed E-state index contributed by atoms with van der Waals surface area (Å²) in [5, 5.41) is 0.874. The van der Waals surface area contributed by atoms with E-state index in [1.165, 1.54) is 0 Å². The SMILES string of the molecule is CCCCOc1ccc(-c2ccc(C#Cc3ccc4c(F)c(F)ccc4c3)cc2)nc1. The van der Waals surface area contributed by atoms with Crippen molar-refractivity contribution >= 4 is 10.8 Å². The maximum absolute atomic E-state index is 13.8. The Balaban J connectivity index is 1.47. The number of hydrogen-bond acceptors (Lipinski definition) is 2. The fourth-order valence-corrected chi connectivity index (χ4v) is 3.18. The van der Waals surface area contributed by atoms with Gasteiger partial charge in [0.05, 0.1) is 18.5 Å². The monoisotopic (exact) mass is 413 g/mol. The van der Waals surface area contributed by atoms with E-state index in [0.29, 0.717) is 12.0 Å². The van der Waals surface area contributed by atoms with Gasteiger partial charge in [-0.2, -0.15) is 0 Å².